The number of urea groups is 1. The lowest BCUT2D eigenvalue weighted by Gasteiger charge is -2.11. The average molecular weight is 335 g/mol. The van der Waals surface area contributed by atoms with Crippen molar-refractivity contribution in [1.82, 2.24) is 15.6 Å². The lowest BCUT2D eigenvalue weighted by atomic mass is 10.2. The van der Waals surface area contributed by atoms with Gasteiger partial charge in [-0.3, -0.25) is 0 Å². The van der Waals surface area contributed by atoms with Crippen molar-refractivity contribution in [2.75, 3.05) is 20.8 Å². The van der Waals surface area contributed by atoms with Gasteiger partial charge in [-0.05, 0) is 24.6 Å². The van der Waals surface area contributed by atoms with Gasteiger partial charge in [0.05, 0.1) is 25.4 Å². The molecule has 23 heavy (non-hydrogen) atoms. The molecule has 0 spiro atoms. The van der Waals surface area contributed by atoms with Gasteiger partial charge in [-0.15, -0.1) is 11.3 Å². The smallest absolute Gasteiger partial charge is 0.315 e. The van der Waals surface area contributed by atoms with Crippen molar-refractivity contribution in [3.8, 4) is 11.5 Å². The van der Waals surface area contributed by atoms with E-state index in [0.29, 0.717) is 24.6 Å². The summed E-state index contributed by atoms with van der Waals surface area (Å²) in [5.74, 6) is 1.31. The Morgan fingerprint density at radius 2 is 2.00 bits per heavy atom. The van der Waals surface area contributed by atoms with Crippen LogP contribution >= 0.6 is 11.3 Å². The Bertz CT molecular complexity index is 658. The van der Waals surface area contributed by atoms with E-state index in [2.05, 4.69) is 15.6 Å². The summed E-state index contributed by atoms with van der Waals surface area (Å²) >= 11 is 1.61. The molecule has 2 N–H and O–H groups in total. The van der Waals surface area contributed by atoms with Crippen LogP contribution in [0.2, 0.25) is 0 Å². The molecule has 2 rings (SSSR count). The van der Waals surface area contributed by atoms with Crippen molar-refractivity contribution in [2.45, 2.75) is 19.9 Å². The highest BCUT2D eigenvalue weighted by Crippen LogP contribution is 2.27. The molecule has 6 nitrogen and oxygen atoms in total. The second-order valence-corrected chi connectivity index (χ2v) is 5.85. The van der Waals surface area contributed by atoms with Crippen LogP contribution in [-0.4, -0.2) is 31.8 Å². The first kappa shape index (κ1) is 17.1. The van der Waals surface area contributed by atoms with Gasteiger partial charge in [0.1, 0.15) is 0 Å². The minimum Gasteiger partial charge on any atom is -0.493 e. The van der Waals surface area contributed by atoms with Crippen molar-refractivity contribution in [3.63, 3.8) is 0 Å². The van der Waals surface area contributed by atoms with Crippen LogP contribution in [0.3, 0.4) is 0 Å². The second-order valence-electron chi connectivity index (χ2n) is 4.91. The fourth-order valence-electron chi connectivity index (χ4n) is 2.09. The maximum Gasteiger partial charge on any atom is 0.315 e. The molecule has 0 saturated heterocycles. The molecule has 0 aliphatic carbocycles. The number of aromatic nitrogens is 1. The van der Waals surface area contributed by atoms with Gasteiger partial charge in [0.25, 0.3) is 0 Å². The van der Waals surface area contributed by atoms with Gasteiger partial charge < -0.3 is 20.1 Å². The average Bonchev–Trinajstić information content (AvgIpc) is 2.97. The SMILES string of the molecule is COc1ccc(CNC(=O)NCCc2scnc2C)cc1OC. The van der Waals surface area contributed by atoms with Crippen LogP contribution in [0.4, 0.5) is 4.79 Å². The van der Waals surface area contributed by atoms with Gasteiger partial charge in [-0.25, -0.2) is 9.78 Å². The molecule has 0 unspecified atom stereocenters. The third-order valence-electron chi connectivity index (χ3n) is 3.38. The summed E-state index contributed by atoms with van der Waals surface area (Å²) in [6.45, 7) is 2.98. The van der Waals surface area contributed by atoms with Crippen molar-refractivity contribution < 1.29 is 14.3 Å². The Hall–Kier alpha value is -2.28. The van der Waals surface area contributed by atoms with Crippen LogP contribution < -0.4 is 20.1 Å². The lowest BCUT2D eigenvalue weighted by molar-refractivity contribution is 0.240. The quantitative estimate of drug-likeness (QED) is 0.815. The van der Waals surface area contributed by atoms with E-state index in [4.69, 9.17) is 9.47 Å². The van der Waals surface area contributed by atoms with Gasteiger partial charge in [0.2, 0.25) is 0 Å². The number of aryl methyl sites for hydroxylation is 1. The highest BCUT2D eigenvalue weighted by Gasteiger charge is 2.06. The first-order chi connectivity index (χ1) is 11.1. The van der Waals surface area contributed by atoms with Gasteiger partial charge in [-0.1, -0.05) is 6.07 Å². The maximum absolute atomic E-state index is 11.8. The van der Waals surface area contributed by atoms with E-state index in [0.717, 1.165) is 17.7 Å². The van der Waals surface area contributed by atoms with E-state index >= 15 is 0 Å². The number of ether oxygens (including phenoxy) is 2. The number of benzene rings is 1. The minimum atomic E-state index is -0.193. The van der Waals surface area contributed by atoms with E-state index in [1.54, 1.807) is 25.6 Å². The molecule has 124 valence electrons. The van der Waals surface area contributed by atoms with Crippen molar-refractivity contribution >= 4 is 17.4 Å². The predicted molar refractivity (Wildman–Crippen MR) is 90.3 cm³/mol. The molecular weight excluding hydrogens is 314 g/mol. The molecular formula is C16H21N3O3S. The molecule has 1 heterocycles. The zero-order valence-corrected chi connectivity index (χ0v) is 14.3. The fourth-order valence-corrected chi connectivity index (χ4v) is 2.87. The van der Waals surface area contributed by atoms with Crippen LogP contribution in [-0.2, 0) is 13.0 Å². The van der Waals surface area contributed by atoms with Crippen LogP contribution in [0.1, 0.15) is 16.1 Å². The van der Waals surface area contributed by atoms with Crippen molar-refractivity contribution in [2.24, 2.45) is 0 Å². The highest BCUT2D eigenvalue weighted by molar-refractivity contribution is 7.09. The number of nitrogens with one attached hydrogen (secondary N) is 2. The summed E-state index contributed by atoms with van der Waals surface area (Å²) in [6.07, 6.45) is 0.792. The molecule has 0 aliphatic heterocycles. The molecule has 0 bridgehead atoms. The molecule has 0 atom stereocenters. The largest absolute Gasteiger partial charge is 0.493 e. The molecule has 2 aromatic rings. The van der Waals surface area contributed by atoms with Crippen LogP contribution in [0, 0.1) is 6.92 Å². The summed E-state index contributed by atoms with van der Waals surface area (Å²) in [6, 6.07) is 5.37. The van der Waals surface area contributed by atoms with Crippen LogP contribution in [0.5, 0.6) is 11.5 Å². The standard InChI is InChI=1S/C16H21N3O3S/c1-11-15(23-10-19-11)6-7-17-16(20)18-9-12-4-5-13(21-2)14(8-12)22-3/h4-5,8,10H,6-7,9H2,1-3H3,(H2,17,18,20). The third kappa shape index (κ3) is 4.85. The predicted octanol–water partition coefficient (Wildman–Crippen LogP) is 2.51. The summed E-state index contributed by atoms with van der Waals surface area (Å²) in [5.41, 5.74) is 3.79. The van der Waals surface area contributed by atoms with Crippen molar-refractivity contribution in [3.05, 3.63) is 39.8 Å². The zero-order chi connectivity index (χ0) is 16.7. The minimum absolute atomic E-state index is 0.193. The fraction of sp³-hybridized carbons (Fsp3) is 0.375. The van der Waals surface area contributed by atoms with E-state index < -0.39 is 0 Å². The first-order valence-corrected chi connectivity index (χ1v) is 8.13. The Kier molecular flexibility index (Phi) is 6.22. The molecule has 1 aromatic carbocycles. The molecule has 0 radical (unpaired) electrons. The van der Waals surface area contributed by atoms with E-state index in [-0.39, 0.29) is 6.03 Å². The van der Waals surface area contributed by atoms with Gasteiger partial charge in [0.15, 0.2) is 11.5 Å². The Labute approximate surface area is 139 Å². The molecule has 7 heteroatoms. The second kappa shape index (κ2) is 8.38. The third-order valence-corrected chi connectivity index (χ3v) is 4.38. The van der Waals surface area contributed by atoms with Gasteiger partial charge in [0, 0.05) is 24.4 Å². The summed E-state index contributed by atoms with van der Waals surface area (Å²) in [4.78, 5) is 17.2. The number of nitrogens with zero attached hydrogens (tertiary/aromatic N) is 1. The molecule has 0 aliphatic rings. The zero-order valence-electron chi connectivity index (χ0n) is 13.5. The summed E-state index contributed by atoms with van der Waals surface area (Å²) in [7, 11) is 3.18. The number of carbonyl (C=O) groups excluding carboxylic acids is 1. The summed E-state index contributed by atoms with van der Waals surface area (Å²) in [5, 5.41) is 5.67. The number of amides is 2. The monoisotopic (exact) mass is 335 g/mol. The Morgan fingerprint density at radius 3 is 2.65 bits per heavy atom. The number of methoxy groups -OCH3 is 2. The molecule has 0 saturated carbocycles. The summed E-state index contributed by atoms with van der Waals surface area (Å²) < 4.78 is 10.4. The number of thiazole rings is 1. The van der Waals surface area contributed by atoms with E-state index in [9.17, 15) is 4.79 Å². The number of rotatable bonds is 7. The van der Waals surface area contributed by atoms with Gasteiger partial charge >= 0.3 is 6.03 Å². The molecule has 2 amide bonds. The number of hydrogen-bond donors (Lipinski definition) is 2. The molecule has 1 aromatic heterocycles. The topological polar surface area (TPSA) is 72.5 Å². The van der Waals surface area contributed by atoms with E-state index in [1.807, 2.05) is 30.6 Å². The molecule has 0 fully saturated rings. The normalized spacial score (nSPS) is 10.2. The van der Waals surface area contributed by atoms with E-state index in [1.165, 1.54) is 4.88 Å². The van der Waals surface area contributed by atoms with Gasteiger partial charge in [-0.2, -0.15) is 0 Å². The maximum atomic E-state index is 11.8. The first-order valence-electron chi connectivity index (χ1n) is 7.25. The Balaban J connectivity index is 1.77. The number of carbonyl (C=O) groups is 1. The lowest BCUT2D eigenvalue weighted by Crippen LogP contribution is -2.36. The Morgan fingerprint density at radius 1 is 1.22 bits per heavy atom. The van der Waals surface area contributed by atoms with Crippen molar-refractivity contribution in [1.29, 1.82) is 0 Å². The van der Waals surface area contributed by atoms with Crippen LogP contribution in [0.25, 0.3) is 0 Å². The van der Waals surface area contributed by atoms with Crippen LogP contribution in [0.15, 0.2) is 23.7 Å². The number of hydrogen-bond acceptors (Lipinski definition) is 5. The highest BCUT2D eigenvalue weighted by atomic mass is 32.1.